The van der Waals surface area contributed by atoms with Gasteiger partial charge in [0.25, 0.3) is 5.91 Å². The van der Waals surface area contributed by atoms with E-state index in [1.807, 2.05) is 0 Å². The van der Waals surface area contributed by atoms with E-state index in [0.717, 1.165) is 30.4 Å². The maximum Gasteiger partial charge on any atom is 0.416 e. The summed E-state index contributed by atoms with van der Waals surface area (Å²) in [6, 6.07) is 3.98. The molecule has 0 atom stereocenters. The van der Waals surface area contributed by atoms with E-state index in [1.54, 1.807) is 0 Å². The number of rotatable bonds is 5. The highest BCUT2D eigenvalue weighted by Crippen LogP contribution is 2.30. The molecule has 10 heteroatoms. The standard InChI is InChI=1S/C13H12F3N3O4/c14-13(15,16)8-2-1-3-9(6-8)18-11(21)5-4-10(20)17-7-12(22)19-23/h1-6,23H,7H2,(H,17,20)(H,18,21)(H,19,22)/b5-4+. The van der Waals surface area contributed by atoms with Gasteiger partial charge >= 0.3 is 6.18 Å². The number of nitrogens with one attached hydrogen (secondary N) is 3. The third-order valence-corrected chi connectivity index (χ3v) is 2.39. The van der Waals surface area contributed by atoms with Crippen molar-refractivity contribution in [3.05, 3.63) is 42.0 Å². The molecule has 124 valence electrons. The van der Waals surface area contributed by atoms with Crippen LogP contribution in [0.15, 0.2) is 36.4 Å². The number of amides is 3. The fourth-order valence-corrected chi connectivity index (χ4v) is 1.37. The molecule has 0 spiro atoms. The molecule has 0 heterocycles. The Kier molecular flexibility index (Phi) is 6.27. The Hall–Kier alpha value is -2.88. The number of benzene rings is 1. The molecular formula is C13H12F3N3O4. The zero-order valence-corrected chi connectivity index (χ0v) is 11.5. The lowest BCUT2D eigenvalue weighted by molar-refractivity contribution is -0.137. The Morgan fingerprint density at radius 2 is 1.78 bits per heavy atom. The number of carbonyl (C=O) groups is 3. The van der Waals surface area contributed by atoms with Crippen LogP contribution in [0.1, 0.15) is 5.56 Å². The minimum Gasteiger partial charge on any atom is -0.343 e. The van der Waals surface area contributed by atoms with Gasteiger partial charge in [-0.1, -0.05) is 6.07 Å². The van der Waals surface area contributed by atoms with E-state index in [9.17, 15) is 27.6 Å². The van der Waals surface area contributed by atoms with E-state index in [4.69, 9.17) is 5.21 Å². The van der Waals surface area contributed by atoms with Crippen LogP contribution in [-0.2, 0) is 20.6 Å². The first kappa shape index (κ1) is 18.2. The van der Waals surface area contributed by atoms with Crippen LogP contribution in [0.2, 0.25) is 0 Å². The first-order valence-electron chi connectivity index (χ1n) is 6.09. The highest BCUT2D eigenvalue weighted by atomic mass is 19.4. The second kappa shape index (κ2) is 7.94. The Morgan fingerprint density at radius 3 is 2.39 bits per heavy atom. The predicted molar refractivity (Wildman–Crippen MR) is 72.2 cm³/mol. The molecule has 7 nitrogen and oxygen atoms in total. The average molecular weight is 331 g/mol. The normalized spacial score (nSPS) is 11.1. The van der Waals surface area contributed by atoms with Gasteiger partial charge < -0.3 is 10.6 Å². The molecule has 1 aromatic carbocycles. The molecule has 0 aromatic heterocycles. The summed E-state index contributed by atoms with van der Waals surface area (Å²) in [5.74, 6) is -2.49. The van der Waals surface area contributed by atoms with Gasteiger partial charge in [-0.2, -0.15) is 13.2 Å². The summed E-state index contributed by atoms with van der Waals surface area (Å²) in [5, 5.41) is 12.4. The van der Waals surface area contributed by atoms with Gasteiger partial charge in [0.1, 0.15) is 0 Å². The number of anilines is 1. The Morgan fingerprint density at radius 1 is 1.13 bits per heavy atom. The van der Waals surface area contributed by atoms with Gasteiger partial charge in [-0.3, -0.25) is 19.6 Å². The van der Waals surface area contributed by atoms with Crippen molar-refractivity contribution in [2.24, 2.45) is 0 Å². The summed E-state index contributed by atoms with van der Waals surface area (Å²) in [6.45, 7) is -0.505. The summed E-state index contributed by atoms with van der Waals surface area (Å²) in [4.78, 5) is 33.3. The molecular weight excluding hydrogens is 319 g/mol. The van der Waals surface area contributed by atoms with Crippen molar-refractivity contribution in [2.45, 2.75) is 6.18 Å². The molecule has 0 aliphatic carbocycles. The Bertz CT molecular complexity index is 629. The lowest BCUT2D eigenvalue weighted by atomic mass is 10.2. The summed E-state index contributed by atoms with van der Waals surface area (Å²) >= 11 is 0. The summed E-state index contributed by atoms with van der Waals surface area (Å²) in [5.41, 5.74) is 0.274. The molecule has 0 bridgehead atoms. The third kappa shape index (κ3) is 6.61. The maximum absolute atomic E-state index is 12.5. The van der Waals surface area contributed by atoms with E-state index in [2.05, 4.69) is 10.6 Å². The quantitative estimate of drug-likeness (QED) is 0.364. The topological polar surface area (TPSA) is 108 Å². The smallest absolute Gasteiger partial charge is 0.343 e. The van der Waals surface area contributed by atoms with E-state index < -0.39 is 36.0 Å². The maximum atomic E-state index is 12.5. The second-order valence-corrected chi connectivity index (χ2v) is 4.15. The largest absolute Gasteiger partial charge is 0.416 e. The van der Waals surface area contributed by atoms with Crippen LogP contribution >= 0.6 is 0 Å². The molecule has 4 N–H and O–H groups in total. The average Bonchev–Trinajstić information content (AvgIpc) is 2.50. The molecule has 23 heavy (non-hydrogen) atoms. The molecule has 0 aliphatic rings. The van der Waals surface area contributed by atoms with Gasteiger partial charge in [-0.15, -0.1) is 0 Å². The molecule has 1 aromatic rings. The van der Waals surface area contributed by atoms with Crippen LogP contribution in [0.4, 0.5) is 18.9 Å². The van der Waals surface area contributed by atoms with E-state index >= 15 is 0 Å². The van der Waals surface area contributed by atoms with Crippen LogP contribution < -0.4 is 16.1 Å². The summed E-state index contributed by atoms with van der Waals surface area (Å²) in [6.07, 6.45) is -2.97. The number of hydroxylamine groups is 1. The summed E-state index contributed by atoms with van der Waals surface area (Å²) in [7, 11) is 0. The molecule has 0 unspecified atom stereocenters. The Balaban J connectivity index is 2.58. The van der Waals surface area contributed by atoms with E-state index in [-0.39, 0.29) is 5.69 Å². The van der Waals surface area contributed by atoms with Crippen molar-refractivity contribution in [2.75, 3.05) is 11.9 Å². The summed E-state index contributed by atoms with van der Waals surface area (Å²) < 4.78 is 37.5. The molecule has 0 saturated carbocycles. The van der Waals surface area contributed by atoms with Crippen LogP contribution in [-0.4, -0.2) is 29.5 Å². The van der Waals surface area contributed by atoms with Crippen molar-refractivity contribution >= 4 is 23.4 Å². The first-order valence-corrected chi connectivity index (χ1v) is 6.09. The predicted octanol–water partition coefficient (Wildman–Crippen LogP) is 0.822. The Labute approximate surface area is 128 Å². The van der Waals surface area contributed by atoms with Crippen molar-refractivity contribution in [3.8, 4) is 0 Å². The van der Waals surface area contributed by atoms with Crippen molar-refractivity contribution in [1.29, 1.82) is 0 Å². The number of hydrogen-bond donors (Lipinski definition) is 4. The fraction of sp³-hybridized carbons (Fsp3) is 0.154. The molecule has 0 fully saturated rings. The number of hydrogen-bond acceptors (Lipinski definition) is 4. The van der Waals surface area contributed by atoms with Gasteiger partial charge in [-0.05, 0) is 18.2 Å². The number of carbonyl (C=O) groups excluding carboxylic acids is 3. The van der Waals surface area contributed by atoms with Crippen LogP contribution in [0.25, 0.3) is 0 Å². The lowest BCUT2D eigenvalue weighted by Crippen LogP contribution is -2.34. The molecule has 0 radical (unpaired) electrons. The minimum atomic E-state index is -4.54. The first-order chi connectivity index (χ1) is 10.7. The third-order valence-electron chi connectivity index (χ3n) is 2.39. The van der Waals surface area contributed by atoms with Crippen LogP contribution in [0.3, 0.4) is 0 Å². The van der Waals surface area contributed by atoms with Gasteiger partial charge in [0, 0.05) is 17.8 Å². The van der Waals surface area contributed by atoms with Crippen molar-refractivity contribution in [1.82, 2.24) is 10.8 Å². The zero-order valence-electron chi connectivity index (χ0n) is 11.5. The minimum absolute atomic E-state index is 0.0884. The molecule has 0 aliphatic heterocycles. The van der Waals surface area contributed by atoms with Gasteiger partial charge in [0.05, 0.1) is 12.1 Å². The lowest BCUT2D eigenvalue weighted by Gasteiger charge is -2.08. The number of halogens is 3. The second-order valence-electron chi connectivity index (χ2n) is 4.15. The van der Waals surface area contributed by atoms with Crippen LogP contribution in [0.5, 0.6) is 0 Å². The molecule has 1 rings (SSSR count). The van der Waals surface area contributed by atoms with Gasteiger partial charge in [0.15, 0.2) is 0 Å². The highest BCUT2D eigenvalue weighted by Gasteiger charge is 2.30. The zero-order chi connectivity index (χ0) is 17.5. The van der Waals surface area contributed by atoms with Gasteiger partial charge in [0.2, 0.25) is 11.8 Å². The van der Waals surface area contributed by atoms with Crippen molar-refractivity contribution in [3.63, 3.8) is 0 Å². The highest BCUT2D eigenvalue weighted by molar-refractivity contribution is 6.03. The molecule has 0 saturated heterocycles. The van der Waals surface area contributed by atoms with Crippen molar-refractivity contribution < 1.29 is 32.8 Å². The van der Waals surface area contributed by atoms with E-state index in [0.29, 0.717) is 0 Å². The SMILES string of the molecule is O=C(/C=C/C(=O)Nc1cccc(C(F)(F)F)c1)NCC(=O)NO. The molecule has 3 amide bonds. The van der Waals surface area contributed by atoms with Crippen LogP contribution in [0, 0.1) is 0 Å². The number of alkyl halides is 3. The van der Waals surface area contributed by atoms with E-state index in [1.165, 1.54) is 11.5 Å². The monoisotopic (exact) mass is 331 g/mol. The van der Waals surface area contributed by atoms with Gasteiger partial charge in [-0.25, -0.2) is 5.48 Å². The fourth-order valence-electron chi connectivity index (χ4n) is 1.37.